The molecule has 0 aliphatic carbocycles. The van der Waals surface area contributed by atoms with E-state index in [2.05, 4.69) is 10.5 Å². The summed E-state index contributed by atoms with van der Waals surface area (Å²) in [6, 6.07) is 2.23. The third-order valence-corrected chi connectivity index (χ3v) is 5.31. The second-order valence-corrected chi connectivity index (χ2v) is 7.62. The van der Waals surface area contributed by atoms with Gasteiger partial charge in [0.2, 0.25) is 5.75 Å². The third kappa shape index (κ3) is 6.06. The van der Waals surface area contributed by atoms with Crippen molar-refractivity contribution in [1.82, 2.24) is 10.5 Å². The molecular weight excluding hydrogens is 424 g/mol. The van der Waals surface area contributed by atoms with Gasteiger partial charge in [-0.15, -0.1) is 0 Å². The number of thioether (sulfide) groups is 1. The summed E-state index contributed by atoms with van der Waals surface area (Å²) in [6.45, 7) is 3.55. The highest BCUT2D eigenvalue weighted by Crippen LogP contribution is 2.38. The van der Waals surface area contributed by atoms with Crippen molar-refractivity contribution in [2.75, 3.05) is 33.3 Å². The molecule has 0 aliphatic heterocycles. The Labute approximate surface area is 185 Å². The number of aryl methyl sites for hydroxylation is 2. The Hall–Kier alpha value is -2.88. The van der Waals surface area contributed by atoms with E-state index in [1.807, 2.05) is 6.26 Å². The second-order valence-electron chi connectivity index (χ2n) is 6.63. The van der Waals surface area contributed by atoms with Crippen LogP contribution >= 0.6 is 11.8 Å². The minimum Gasteiger partial charge on any atom is -0.493 e. The molecule has 170 valence electrons. The molecule has 0 saturated heterocycles. The van der Waals surface area contributed by atoms with Crippen LogP contribution in [0.1, 0.15) is 33.8 Å². The van der Waals surface area contributed by atoms with Crippen molar-refractivity contribution in [3.63, 3.8) is 0 Å². The van der Waals surface area contributed by atoms with Crippen LogP contribution in [-0.2, 0) is 16.1 Å². The maximum absolute atomic E-state index is 12.9. The Balaban J connectivity index is 2.17. The summed E-state index contributed by atoms with van der Waals surface area (Å²) >= 11 is 1.57. The molecule has 1 N–H and O–H groups in total. The Morgan fingerprint density at radius 3 is 2.26 bits per heavy atom. The zero-order valence-corrected chi connectivity index (χ0v) is 19.4. The van der Waals surface area contributed by atoms with Crippen LogP contribution in [-0.4, -0.2) is 56.4 Å². The molecule has 0 spiro atoms. The van der Waals surface area contributed by atoms with Gasteiger partial charge in [-0.1, -0.05) is 5.16 Å². The number of esters is 1. The molecular formula is C21H28N2O7S. The number of ether oxygens (including phenoxy) is 4. The van der Waals surface area contributed by atoms with Crippen molar-refractivity contribution >= 4 is 23.6 Å². The Morgan fingerprint density at radius 2 is 1.77 bits per heavy atom. The van der Waals surface area contributed by atoms with Gasteiger partial charge in [-0.05, 0) is 44.4 Å². The fourth-order valence-corrected chi connectivity index (χ4v) is 3.36. The number of carbonyl (C=O) groups is 2. The van der Waals surface area contributed by atoms with E-state index in [0.717, 1.165) is 0 Å². The minimum absolute atomic E-state index is 0.0236. The molecule has 0 unspecified atom stereocenters. The molecule has 1 aromatic heterocycles. The van der Waals surface area contributed by atoms with Gasteiger partial charge in [0.15, 0.2) is 11.5 Å². The van der Waals surface area contributed by atoms with Crippen molar-refractivity contribution in [3.05, 3.63) is 34.7 Å². The van der Waals surface area contributed by atoms with E-state index in [1.54, 1.807) is 25.6 Å². The fourth-order valence-electron chi connectivity index (χ4n) is 2.89. The Bertz CT molecular complexity index is 869. The average molecular weight is 453 g/mol. The highest BCUT2D eigenvalue weighted by atomic mass is 32.2. The van der Waals surface area contributed by atoms with E-state index in [0.29, 0.717) is 46.4 Å². The number of benzene rings is 1. The molecule has 0 bridgehead atoms. The van der Waals surface area contributed by atoms with Gasteiger partial charge >= 0.3 is 5.97 Å². The highest BCUT2D eigenvalue weighted by Gasteiger charge is 2.25. The van der Waals surface area contributed by atoms with E-state index in [9.17, 15) is 9.59 Å². The van der Waals surface area contributed by atoms with E-state index in [4.69, 9.17) is 23.5 Å². The van der Waals surface area contributed by atoms with Crippen LogP contribution in [0, 0.1) is 13.8 Å². The quantitative estimate of drug-likeness (QED) is 0.515. The predicted octanol–water partition coefficient (Wildman–Crippen LogP) is 2.91. The standard InChI is InChI=1S/C21H28N2O7S/c1-12-15(13(2)30-23-12)11-29-21(25)16(7-8-31-6)22-20(24)14-9-17(26-3)19(28-5)18(10-14)27-4/h9-10,16H,7-8,11H2,1-6H3,(H,22,24)/t16-/m1/s1. The van der Waals surface area contributed by atoms with Crippen LogP contribution in [0.2, 0.25) is 0 Å². The van der Waals surface area contributed by atoms with Gasteiger partial charge in [0.25, 0.3) is 5.91 Å². The maximum Gasteiger partial charge on any atom is 0.329 e. The van der Waals surface area contributed by atoms with Crippen molar-refractivity contribution in [3.8, 4) is 17.2 Å². The van der Waals surface area contributed by atoms with E-state index in [1.165, 1.54) is 33.5 Å². The molecule has 1 aromatic carbocycles. The van der Waals surface area contributed by atoms with Crippen molar-refractivity contribution in [1.29, 1.82) is 0 Å². The molecule has 0 saturated carbocycles. The highest BCUT2D eigenvalue weighted by molar-refractivity contribution is 7.98. The third-order valence-electron chi connectivity index (χ3n) is 4.67. The number of rotatable bonds is 11. The van der Waals surface area contributed by atoms with Gasteiger partial charge in [0, 0.05) is 5.56 Å². The fraction of sp³-hybridized carbons (Fsp3) is 0.476. The minimum atomic E-state index is -0.820. The maximum atomic E-state index is 12.9. The molecule has 2 aromatic rings. The molecule has 9 nitrogen and oxygen atoms in total. The number of carbonyl (C=O) groups excluding carboxylic acids is 2. The summed E-state index contributed by atoms with van der Waals surface area (Å²) in [6.07, 6.45) is 2.34. The van der Waals surface area contributed by atoms with Crippen molar-refractivity contribution < 1.29 is 33.1 Å². The lowest BCUT2D eigenvalue weighted by molar-refractivity contribution is -0.147. The molecule has 10 heteroatoms. The topological polar surface area (TPSA) is 109 Å². The van der Waals surface area contributed by atoms with Crippen LogP contribution < -0.4 is 19.5 Å². The summed E-state index contributed by atoms with van der Waals surface area (Å²) in [4.78, 5) is 25.6. The molecule has 2 rings (SSSR count). The van der Waals surface area contributed by atoms with E-state index < -0.39 is 17.9 Å². The van der Waals surface area contributed by atoms with Gasteiger partial charge in [-0.2, -0.15) is 11.8 Å². The monoisotopic (exact) mass is 452 g/mol. The molecule has 1 atom stereocenters. The van der Waals surface area contributed by atoms with Crippen LogP contribution in [0.3, 0.4) is 0 Å². The van der Waals surface area contributed by atoms with E-state index in [-0.39, 0.29) is 12.2 Å². The first kappa shape index (κ1) is 24.4. The van der Waals surface area contributed by atoms with Gasteiger partial charge < -0.3 is 28.8 Å². The first-order valence-corrected chi connectivity index (χ1v) is 10.9. The average Bonchev–Trinajstić information content (AvgIpc) is 3.10. The molecule has 31 heavy (non-hydrogen) atoms. The molecule has 0 fully saturated rings. The van der Waals surface area contributed by atoms with Crippen LogP contribution in [0.4, 0.5) is 0 Å². The lowest BCUT2D eigenvalue weighted by Crippen LogP contribution is -2.42. The van der Waals surface area contributed by atoms with Gasteiger partial charge in [0.05, 0.1) is 32.6 Å². The largest absolute Gasteiger partial charge is 0.493 e. The normalized spacial score (nSPS) is 11.5. The number of nitrogens with one attached hydrogen (secondary N) is 1. The summed E-state index contributed by atoms with van der Waals surface area (Å²) in [5.41, 5.74) is 1.64. The number of aromatic nitrogens is 1. The smallest absolute Gasteiger partial charge is 0.329 e. The number of nitrogens with zero attached hydrogens (tertiary/aromatic N) is 1. The first-order chi connectivity index (χ1) is 14.9. The van der Waals surface area contributed by atoms with Crippen LogP contribution in [0.5, 0.6) is 17.2 Å². The van der Waals surface area contributed by atoms with Gasteiger partial charge in [-0.25, -0.2) is 4.79 Å². The van der Waals surface area contributed by atoms with Crippen LogP contribution in [0.25, 0.3) is 0 Å². The summed E-state index contributed by atoms with van der Waals surface area (Å²) in [5.74, 6) is 1.32. The summed E-state index contributed by atoms with van der Waals surface area (Å²) in [7, 11) is 4.41. The van der Waals surface area contributed by atoms with Crippen molar-refractivity contribution in [2.45, 2.75) is 32.9 Å². The van der Waals surface area contributed by atoms with Gasteiger partial charge in [0.1, 0.15) is 18.4 Å². The lowest BCUT2D eigenvalue weighted by atomic mass is 10.1. The SMILES string of the molecule is COc1cc(C(=O)N[C@H](CCSC)C(=O)OCc2c(C)noc2C)cc(OC)c1OC. The van der Waals surface area contributed by atoms with Crippen molar-refractivity contribution in [2.24, 2.45) is 0 Å². The summed E-state index contributed by atoms with van der Waals surface area (Å²) < 4.78 is 26.4. The Kier molecular flexibility index (Phi) is 9.04. The molecule has 1 heterocycles. The summed E-state index contributed by atoms with van der Waals surface area (Å²) in [5, 5.41) is 6.60. The zero-order chi connectivity index (χ0) is 23.0. The second kappa shape index (κ2) is 11.5. The van der Waals surface area contributed by atoms with Gasteiger partial charge in [-0.3, -0.25) is 4.79 Å². The van der Waals surface area contributed by atoms with E-state index >= 15 is 0 Å². The zero-order valence-electron chi connectivity index (χ0n) is 18.6. The predicted molar refractivity (Wildman–Crippen MR) is 116 cm³/mol. The number of methoxy groups -OCH3 is 3. The molecule has 0 radical (unpaired) electrons. The number of hydrogen-bond acceptors (Lipinski definition) is 9. The Morgan fingerprint density at radius 1 is 1.13 bits per heavy atom. The lowest BCUT2D eigenvalue weighted by Gasteiger charge is -2.19. The number of amides is 1. The first-order valence-electron chi connectivity index (χ1n) is 9.54. The molecule has 0 aliphatic rings. The number of hydrogen-bond donors (Lipinski definition) is 1. The molecule has 1 amide bonds. The van der Waals surface area contributed by atoms with Crippen LogP contribution in [0.15, 0.2) is 16.7 Å².